The molecule has 2 heterocycles. The molecule has 3 aromatic carbocycles. The number of hydrogen-bond acceptors (Lipinski definition) is 1. The zero-order chi connectivity index (χ0) is 15.2. The molecule has 0 spiro atoms. The van der Waals surface area contributed by atoms with Crippen LogP contribution in [0.1, 0.15) is 0 Å². The molecule has 118 valence electrons. The lowest BCUT2D eigenvalue weighted by molar-refractivity contribution is -0.643. The summed E-state index contributed by atoms with van der Waals surface area (Å²) in [6, 6.07) is 26.1. The van der Waals surface area contributed by atoms with Gasteiger partial charge in [-0.25, -0.2) is 4.57 Å². The normalized spacial score (nSPS) is 12.7. The lowest BCUT2D eigenvalue weighted by Crippen LogP contribution is -3.00. The van der Waals surface area contributed by atoms with Crippen molar-refractivity contribution in [1.29, 1.82) is 0 Å². The molecule has 2 nitrogen and oxygen atoms in total. The maximum Gasteiger partial charge on any atom is 0.283 e. The van der Waals surface area contributed by atoms with Crippen LogP contribution >= 0.6 is 0 Å². The Balaban J connectivity index is 0.00000146. The van der Waals surface area contributed by atoms with Crippen molar-refractivity contribution in [2.45, 2.75) is 6.54 Å². The van der Waals surface area contributed by atoms with Gasteiger partial charge in [-0.05, 0) is 23.3 Å². The number of benzene rings is 3. The molecular formula is C21H17BrN2. The Hall–Kier alpha value is -2.39. The van der Waals surface area contributed by atoms with Crippen LogP contribution in [0.4, 0.5) is 5.82 Å². The maximum absolute atomic E-state index is 3.56. The molecule has 1 aromatic heterocycles. The highest BCUT2D eigenvalue weighted by molar-refractivity contribution is 6.14. The SMILES string of the molecule is [Br-].c1ccc(-c2cccc3c2c2ccccc2c2[n+]3CCN2)cc1. The number of halogens is 1. The third-order valence-corrected chi connectivity index (χ3v) is 4.77. The van der Waals surface area contributed by atoms with Gasteiger partial charge in [0.15, 0.2) is 0 Å². The predicted molar refractivity (Wildman–Crippen MR) is 95.6 cm³/mol. The first-order chi connectivity index (χ1) is 11.4. The van der Waals surface area contributed by atoms with E-state index >= 15 is 0 Å². The highest BCUT2D eigenvalue weighted by Gasteiger charge is 2.25. The monoisotopic (exact) mass is 376 g/mol. The van der Waals surface area contributed by atoms with E-state index < -0.39 is 0 Å². The summed E-state index contributed by atoms with van der Waals surface area (Å²) < 4.78 is 2.42. The van der Waals surface area contributed by atoms with Crippen LogP contribution in [0.15, 0.2) is 72.8 Å². The summed E-state index contributed by atoms with van der Waals surface area (Å²) >= 11 is 0. The summed E-state index contributed by atoms with van der Waals surface area (Å²) in [6.07, 6.45) is 0. The van der Waals surface area contributed by atoms with Gasteiger partial charge < -0.3 is 17.0 Å². The number of pyridine rings is 1. The zero-order valence-corrected chi connectivity index (χ0v) is 14.8. The minimum atomic E-state index is 0. The van der Waals surface area contributed by atoms with Gasteiger partial charge in [0.1, 0.15) is 18.6 Å². The van der Waals surface area contributed by atoms with Gasteiger partial charge in [-0.1, -0.05) is 60.7 Å². The molecule has 4 aromatic rings. The lowest BCUT2D eigenvalue weighted by Gasteiger charge is -2.12. The Kier molecular flexibility index (Phi) is 3.73. The summed E-state index contributed by atoms with van der Waals surface area (Å²) in [4.78, 5) is 0. The number of anilines is 1. The number of rotatable bonds is 1. The molecule has 0 radical (unpaired) electrons. The molecule has 5 rings (SSSR count). The van der Waals surface area contributed by atoms with Crippen LogP contribution in [0.3, 0.4) is 0 Å². The van der Waals surface area contributed by atoms with Crippen molar-refractivity contribution < 1.29 is 21.5 Å². The first-order valence-corrected chi connectivity index (χ1v) is 8.10. The van der Waals surface area contributed by atoms with Crippen LogP contribution in [0, 0.1) is 0 Å². The zero-order valence-electron chi connectivity index (χ0n) is 13.2. The van der Waals surface area contributed by atoms with Crippen LogP contribution in [0.5, 0.6) is 0 Å². The molecule has 0 saturated carbocycles. The topological polar surface area (TPSA) is 15.9 Å². The molecule has 0 saturated heterocycles. The number of fused-ring (bicyclic) bond motifs is 6. The Morgan fingerprint density at radius 2 is 1.50 bits per heavy atom. The van der Waals surface area contributed by atoms with Crippen molar-refractivity contribution in [2.24, 2.45) is 0 Å². The van der Waals surface area contributed by atoms with Crippen LogP contribution in [-0.4, -0.2) is 6.54 Å². The fourth-order valence-electron chi connectivity index (χ4n) is 3.79. The fourth-order valence-corrected chi connectivity index (χ4v) is 3.79. The van der Waals surface area contributed by atoms with E-state index in [0.29, 0.717) is 0 Å². The Morgan fingerprint density at radius 1 is 0.750 bits per heavy atom. The van der Waals surface area contributed by atoms with E-state index in [1.54, 1.807) is 0 Å². The summed E-state index contributed by atoms with van der Waals surface area (Å²) in [7, 11) is 0. The van der Waals surface area contributed by atoms with Crippen molar-refractivity contribution in [1.82, 2.24) is 0 Å². The molecule has 1 aliphatic rings. The van der Waals surface area contributed by atoms with Crippen molar-refractivity contribution in [2.75, 3.05) is 11.9 Å². The van der Waals surface area contributed by atoms with Crippen molar-refractivity contribution in [3.8, 4) is 11.1 Å². The third-order valence-electron chi connectivity index (χ3n) is 4.77. The molecule has 0 bridgehead atoms. The van der Waals surface area contributed by atoms with Gasteiger partial charge in [-0.15, -0.1) is 0 Å². The highest BCUT2D eigenvalue weighted by atomic mass is 79.9. The molecule has 0 aliphatic carbocycles. The van der Waals surface area contributed by atoms with Gasteiger partial charge in [0.05, 0.1) is 5.39 Å². The third kappa shape index (κ3) is 2.12. The lowest BCUT2D eigenvalue weighted by atomic mass is 9.96. The van der Waals surface area contributed by atoms with Gasteiger partial charge in [0, 0.05) is 10.8 Å². The van der Waals surface area contributed by atoms with E-state index in [2.05, 4.69) is 82.7 Å². The van der Waals surface area contributed by atoms with Gasteiger partial charge in [-0.3, -0.25) is 5.32 Å². The average molecular weight is 377 g/mol. The summed E-state index contributed by atoms with van der Waals surface area (Å²) in [5, 5.41) is 7.53. The summed E-state index contributed by atoms with van der Waals surface area (Å²) in [5.74, 6) is 1.25. The maximum atomic E-state index is 3.56. The van der Waals surface area contributed by atoms with Crippen LogP contribution in [0.2, 0.25) is 0 Å². The Morgan fingerprint density at radius 3 is 2.33 bits per heavy atom. The van der Waals surface area contributed by atoms with Gasteiger partial charge in [-0.2, -0.15) is 0 Å². The Bertz CT molecular complexity index is 1040. The molecule has 1 aliphatic heterocycles. The smallest absolute Gasteiger partial charge is 0.283 e. The van der Waals surface area contributed by atoms with Gasteiger partial charge in [0.25, 0.3) is 5.82 Å². The summed E-state index contributed by atoms with van der Waals surface area (Å²) in [6.45, 7) is 2.02. The minimum absolute atomic E-state index is 0. The standard InChI is InChI=1S/C21H16N2.BrH/c1-2-7-15(8-3-1)16-11-6-12-19-20(16)17-9-4-5-10-18(17)21-22-13-14-23(19)21;/h1-12H,13-14H2;1H. The van der Waals surface area contributed by atoms with Gasteiger partial charge >= 0.3 is 0 Å². The molecule has 1 N–H and O–H groups in total. The van der Waals surface area contributed by atoms with E-state index in [1.165, 1.54) is 38.6 Å². The second kappa shape index (κ2) is 5.91. The first kappa shape index (κ1) is 15.2. The van der Waals surface area contributed by atoms with E-state index in [0.717, 1.165) is 13.1 Å². The molecule has 0 unspecified atom stereocenters. The molecular weight excluding hydrogens is 360 g/mol. The highest BCUT2D eigenvalue weighted by Crippen LogP contribution is 2.35. The average Bonchev–Trinajstić information content (AvgIpc) is 3.12. The van der Waals surface area contributed by atoms with Crippen molar-refractivity contribution in [3.05, 3.63) is 72.8 Å². The summed E-state index contributed by atoms with van der Waals surface area (Å²) in [5.41, 5.74) is 3.89. The molecule has 0 fully saturated rings. The van der Waals surface area contributed by atoms with E-state index in [9.17, 15) is 0 Å². The van der Waals surface area contributed by atoms with E-state index in [4.69, 9.17) is 0 Å². The van der Waals surface area contributed by atoms with Crippen LogP contribution in [0.25, 0.3) is 32.8 Å². The van der Waals surface area contributed by atoms with E-state index in [-0.39, 0.29) is 17.0 Å². The fraction of sp³-hybridized carbons (Fsp3) is 0.0952. The Labute approximate surface area is 151 Å². The van der Waals surface area contributed by atoms with Crippen molar-refractivity contribution >= 4 is 27.5 Å². The minimum Gasteiger partial charge on any atom is -1.00 e. The number of hydrogen-bond donors (Lipinski definition) is 1. The quantitative estimate of drug-likeness (QED) is 0.392. The molecule has 24 heavy (non-hydrogen) atoms. The van der Waals surface area contributed by atoms with E-state index in [1.807, 2.05) is 0 Å². The predicted octanol–water partition coefficient (Wildman–Crippen LogP) is 1.38. The van der Waals surface area contributed by atoms with Gasteiger partial charge in [0.2, 0.25) is 0 Å². The first-order valence-electron chi connectivity index (χ1n) is 8.10. The van der Waals surface area contributed by atoms with Crippen molar-refractivity contribution in [3.63, 3.8) is 0 Å². The van der Waals surface area contributed by atoms with Crippen LogP contribution in [-0.2, 0) is 6.54 Å². The second-order valence-corrected chi connectivity index (χ2v) is 6.04. The molecule has 0 amide bonds. The van der Waals surface area contributed by atoms with Crippen LogP contribution < -0.4 is 26.9 Å². The molecule has 3 heteroatoms. The largest absolute Gasteiger partial charge is 1.00 e. The number of aromatic nitrogens is 1. The number of nitrogens with one attached hydrogen (secondary N) is 1. The second-order valence-electron chi connectivity index (χ2n) is 6.04. The molecule has 0 atom stereocenters. The number of nitrogens with zero attached hydrogens (tertiary/aromatic N) is 1.